The number of hydrogen-bond acceptors (Lipinski definition) is 2. The summed E-state index contributed by atoms with van der Waals surface area (Å²) < 4.78 is 42.1. The summed E-state index contributed by atoms with van der Waals surface area (Å²) in [5, 5.41) is 3.08. The second-order valence-electron chi connectivity index (χ2n) is 3.82. The summed E-state index contributed by atoms with van der Waals surface area (Å²) in [7, 11) is 1.63. The van der Waals surface area contributed by atoms with Crippen molar-refractivity contribution in [1.82, 2.24) is 0 Å². The Morgan fingerprint density at radius 2 is 2.00 bits per heavy atom. The summed E-state index contributed by atoms with van der Waals surface area (Å²) in [6, 6.07) is 3.30. The lowest BCUT2D eigenvalue weighted by Crippen LogP contribution is -2.07. The molecule has 0 saturated heterocycles. The van der Waals surface area contributed by atoms with Gasteiger partial charge in [-0.25, -0.2) is 0 Å². The maximum atomic E-state index is 12.4. The molecule has 0 unspecified atom stereocenters. The zero-order valence-electron chi connectivity index (χ0n) is 9.98. The van der Waals surface area contributed by atoms with Crippen molar-refractivity contribution in [2.24, 2.45) is 0 Å². The quantitative estimate of drug-likeness (QED) is 0.789. The number of benzene rings is 1. The third kappa shape index (κ3) is 4.74. The van der Waals surface area contributed by atoms with Gasteiger partial charge in [-0.15, -0.1) is 0 Å². The predicted octanol–water partition coefficient (Wildman–Crippen LogP) is 4.20. The first-order valence-electron chi connectivity index (χ1n) is 5.54. The van der Waals surface area contributed by atoms with Crippen molar-refractivity contribution < 1.29 is 17.9 Å². The Morgan fingerprint density at radius 3 is 2.56 bits per heavy atom. The lowest BCUT2D eigenvalue weighted by molar-refractivity contribution is -0.137. The Kier molecular flexibility index (Phi) is 5.75. The van der Waals surface area contributed by atoms with Crippen LogP contribution in [-0.2, 0) is 10.9 Å². The molecule has 1 aromatic carbocycles. The Hall–Kier alpha value is -0.940. The van der Waals surface area contributed by atoms with Gasteiger partial charge in [-0.3, -0.25) is 0 Å². The van der Waals surface area contributed by atoms with E-state index in [1.54, 1.807) is 7.11 Å². The number of anilines is 1. The van der Waals surface area contributed by atoms with E-state index in [0.29, 0.717) is 18.8 Å². The van der Waals surface area contributed by atoms with Crippen LogP contribution in [0.15, 0.2) is 18.2 Å². The van der Waals surface area contributed by atoms with Crippen molar-refractivity contribution in [2.45, 2.75) is 19.0 Å². The molecule has 18 heavy (non-hydrogen) atoms. The van der Waals surface area contributed by atoms with Crippen LogP contribution >= 0.6 is 11.6 Å². The molecular weight excluding hydrogens is 267 g/mol. The standard InChI is InChI=1S/C12H15ClF3NO/c1-18-7-3-2-6-17-11-5-4-9(8-10(11)13)12(14,15)16/h4-5,8,17H,2-3,6-7H2,1H3. The molecule has 0 radical (unpaired) electrons. The second kappa shape index (κ2) is 6.85. The summed E-state index contributed by atoms with van der Waals surface area (Å²) in [6.07, 6.45) is -2.60. The minimum atomic E-state index is -4.36. The van der Waals surface area contributed by atoms with Crippen LogP contribution in [0.4, 0.5) is 18.9 Å². The fourth-order valence-electron chi connectivity index (χ4n) is 1.43. The highest BCUT2D eigenvalue weighted by atomic mass is 35.5. The van der Waals surface area contributed by atoms with Crippen LogP contribution in [-0.4, -0.2) is 20.3 Å². The molecule has 0 aliphatic heterocycles. The lowest BCUT2D eigenvalue weighted by atomic mass is 10.2. The average molecular weight is 282 g/mol. The highest BCUT2D eigenvalue weighted by Crippen LogP contribution is 2.33. The number of nitrogens with one attached hydrogen (secondary N) is 1. The molecule has 102 valence electrons. The SMILES string of the molecule is COCCCCNc1ccc(C(F)(F)F)cc1Cl. The van der Waals surface area contributed by atoms with Crippen molar-refractivity contribution in [2.75, 3.05) is 25.6 Å². The number of unbranched alkanes of at least 4 members (excludes halogenated alkanes) is 1. The molecule has 0 fully saturated rings. The molecule has 0 spiro atoms. The Bertz CT molecular complexity index is 382. The molecule has 1 aromatic rings. The zero-order valence-corrected chi connectivity index (χ0v) is 10.7. The zero-order chi connectivity index (χ0) is 13.6. The fraction of sp³-hybridized carbons (Fsp3) is 0.500. The van der Waals surface area contributed by atoms with Gasteiger partial charge in [0.2, 0.25) is 0 Å². The molecule has 2 nitrogen and oxygen atoms in total. The lowest BCUT2D eigenvalue weighted by Gasteiger charge is -2.11. The normalized spacial score (nSPS) is 11.6. The van der Waals surface area contributed by atoms with Crippen molar-refractivity contribution in [3.63, 3.8) is 0 Å². The van der Waals surface area contributed by atoms with Crippen molar-refractivity contribution in [1.29, 1.82) is 0 Å². The van der Waals surface area contributed by atoms with E-state index in [2.05, 4.69) is 5.32 Å². The van der Waals surface area contributed by atoms with E-state index in [0.717, 1.165) is 25.0 Å². The Morgan fingerprint density at radius 1 is 1.28 bits per heavy atom. The van der Waals surface area contributed by atoms with E-state index in [1.165, 1.54) is 6.07 Å². The van der Waals surface area contributed by atoms with Gasteiger partial charge >= 0.3 is 6.18 Å². The number of hydrogen-bond donors (Lipinski definition) is 1. The molecule has 0 saturated carbocycles. The van der Waals surface area contributed by atoms with Crippen LogP contribution < -0.4 is 5.32 Å². The van der Waals surface area contributed by atoms with Gasteiger partial charge in [0.15, 0.2) is 0 Å². The van der Waals surface area contributed by atoms with Crippen molar-refractivity contribution in [3.8, 4) is 0 Å². The maximum absolute atomic E-state index is 12.4. The molecule has 1 N–H and O–H groups in total. The van der Waals surface area contributed by atoms with Crippen LogP contribution in [0.3, 0.4) is 0 Å². The Labute approximate surface area is 109 Å². The predicted molar refractivity (Wildman–Crippen MR) is 66.1 cm³/mol. The first kappa shape index (κ1) is 15.1. The van der Waals surface area contributed by atoms with Gasteiger partial charge in [0, 0.05) is 20.3 Å². The smallest absolute Gasteiger partial charge is 0.385 e. The molecule has 6 heteroatoms. The van der Waals surface area contributed by atoms with Gasteiger partial charge in [-0.1, -0.05) is 11.6 Å². The summed E-state index contributed by atoms with van der Waals surface area (Å²) in [5.74, 6) is 0. The average Bonchev–Trinajstić information content (AvgIpc) is 2.29. The number of halogens is 4. The minimum absolute atomic E-state index is 0.0802. The van der Waals surface area contributed by atoms with Crippen molar-refractivity contribution in [3.05, 3.63) is 28.8 Å². The van der Waals surface area contributed by atoms with Gasteiger partial charge in [0.1, 0.15) is 0 Å². The molecule has 1 rings (SSSR count). The first-order valence-corrected chi connectivity index (χ1v) is 5.92. The van der Waals surface area contributed by atoms with Crippen LogP contribution in [0.2, 0.25) is 5.02 Å². The van der Waals surface area contributed by atoms with Gasteiger partial charge in [-0.05, 0) is 31.0 Å². The number of rotatable bonds is 6. The van der Waals surface area contributed by atoms with E-state index in [4.69, 9.17) is 16.3 Å². The molecule has 0 atom stereocenters. The molecule has 0 aliphatic rings. The van der Waals surface area contributed by atoms with Gasteiger partial charge in [-0.2, -0.15) is 13.2 Å². The summed E-state index contributed by atoms with van der Waals surface area (Å²) >= 11 is 5.79. The van der Waals surface area contributed by atoms with E-state index < -0.39 is 11.7 Å². The van der Waals surface area contributed by atoms with Crippen LogP contribution in [0.5, 0.6) is 0 Å². The number of ether oxygens (including phenoxy) is 1. The maximum Gasteiger partial charge on any atom is 0.416 e. The second-order valence-corrected chi connectivity index (χ2v) is 4.23. The van der Waals surface area contributed by atoms with E-state index in [-0.39, 0.29) is 5.02 Å². The van der Waals surface area contributed by atoms with E-state index >= 15 is 0 Å². The van der Waals surface area contributed by atoms with E-state index in [9.17, 15) is 13.2 Å². The summed E-state index contributed by atoms with van der Waals surface area (Å²) in [6.45, 7) is 1.32. The fourth-order valence-corrected chi connectivity index (χ4v) is 1.68. The number of methoxy groups -OCH3 is 1. The number of alkyl halides is 3. The van der Waals surface area contributed by atoms with Gasteiger partial charge < -0.3 is 10.1 Å². The molecule has 0 aliphatic carbocycles. The molecule has 0 amide bonds. The molecular formula is C12H15ClF3NO. The Balaban J connectivity index is 2.53. The van der Waals surface area contributed by atoms with Gasteiger partial charge in [0.25, 0.3) is 0 Å². The first-order chi connectivity index (χ1) is 8.45. The largest absolute Gasteiger partial charge is 0.416 e. The summed E-state index contributed by atoms with van der Waals surface area (Å²) in [4.78, 5) is 0. The van der Waals surface area contributed by atoms with Crippen LogP contribution in [0, 0.1) is 0 Å². The van der Waals surface area contributed by atoms with Crippen molar-refractivity contribution >= 4 is 17.3 Å². The molecule has 0 bridgehead atoms. The van der Waals surface area contributed by atoms with Gasteiger partial charge in [0.05, 0.1) is 16.3 Å². The minimum Gasteiger partial charge on any atom is -0.385 e. The third-order valence-electron chi connectivity index (χ3n) is 2.39. The monoisotopic (exact) mass is 281 g/mol. The summed E-state index contributed by atoms with van der Waals surface area (Å²) in [5.41, 5.74) is -0.223. The highest BCUT2D eigenvalue weighted by Gasteiger charge is 2.30. The molecule has 0 heterocycles. The topological polar surface area (TPSA) is 21.3 Å². The molecule has 0 aromatic heterocycles. The van der Waals surface area contributed by atoms with E-state index in [1.807, 2.05) is 0 Å². The van der Waals surface area contributed by atoms with Crippen LogP contribution in [0.1, 0.15) is 18.4 Å². The van der Waals surface area contributed by atoms with Crippen LogP contribution in [0.25, 0.3) is 0 Å². The highest BCUT2D eigenvalue weighted by molar-refractivity contribution is 6.33. The third-order valence-corrected chi connectivity index (χ3v) is 2.70.